The zero-order valence-electron chi connectivity index (χ0n) is 20.2. The van der Waals surface area contributed by atoms with Crippen molar-refractivity contribution in [2.75, 3.05) is 67.8 Å². The smallest absolute Gasteiger partial charge is 0.248 e. The van der Waals surface area contributed by atoms with Crippen LogP contribution in [0.2, 0.25) is 0 Å². The van der Waals surface area contributed by atoms with Crippen molar-refractivity contribution >= 4 is 5.91 Å². The first-order chi connectivity index (χ1) is 16.1. The Morgan fingerprint density at radius 1 is 0.970 bits per heavy atom. The minimum absolute atomic E-state index is 0.00690. The van der Waals surface area contributed by atoms with Gasteiger partial charge in [0.25, 0.3) is 0 Å². The van der Waals surface area contributed by atoms with Gasteiger partial charge < -0.3 is 23.8 Å². The second-order valence-corrected chi connectivity index (χ2v) is 8.45. The Morgan fingerprint density at radius 3 is 2.39 bits per heavy atom. The van der Waals surface area contributed by atoms with Crippen molar-refractivity contribution in [3.8, 4) is 11.5 Å². The average Bonchev–Trinajstić information content (AvgIpc) is 3.24. The highest BCUT2D eigenvalue weighted by molar-refractivity contribution is 5.77. The molecule has 1 aliphatic heterocycles. The zero-order chi connectivity index (χ0) is 23.6. The van der Waals surface area contributed by atoms with Gasteiger partial charge in [0, 0.05) is 52.9 Å². The number of carbonyl (C=O) groups is 1. The minimum atomic E-state index is -0.00690. The molecule has 3 rings (SSSR count). The first kappa shape index (κ1) is 25.0. The van der Waals surface area contributed by atoms with Crippen LogP contribution in [0.5, 0.6) is 11.5 Å². The van der Waals surface area contributed by atoms with Crippen LogP contribution >= 0.6 is 0 Å². The number of ether oxygens (including phenoxy) is 4. The molecule has 7 nitrogen and oxygen atoms in total. The first-order valence-electron chi connectivity index (χ1n) is 11.3. The Kier molecular flexibility index (Phi) is 9.54. The summed E-state index contributed by atoms with van der Waals surface area (Å²) in [4.78, 5) is 17.1. The van der Waals surface area contributed by atoms with Crippen LogP contribution in [0.25, 0.3) is 0 Å². The Bertz CT molecular complexity index is 873. The van der Waals surface area contributed by atoms with Crippen molar-refractivity contribution in [2.24, 2.45) is 5.92 Å². The molecule has 1 fully saturated rings. The summed E-state index contributed by atoms with van der Waals surface area (Å²) >= 11 is 0. The minimum Gasteiger partial charge on any atom is -0.497 e. The number of carbonyl (C=O) groups excluding carboxylic acids is 1. The maximum absolute atomic E-state index is 12.7. The van der Waals surface area contributed by atoms with Crippen molar-refractivity contribution in [1.29, 1.82) is 0 Å². The molecule has 0 radical (unpaired) electrons. The molecule has 1 heterocycles. The number of methoxy groups -OCH3 is 4. The van der Waals surface area contributed by atoms with Crippen LogP contribution in [0.15, 0.2) is 48.5 Å². The summed E-state index contributed by atoms with van der Waals surface area (Å²) in [5.41, 5.74) is 2.48. The van der Waals surface area contributed by atoms with Gasteiger partial charge in [-0.25, -0.2) is 0 Å². The van der Waals surface area contributed by atoms with Gasteiger partial charge in [-0.05, 0) is 41.3 Å². The van der Waals surface area contributed by atoms with Crippen molar-refractivity contribution in [1.82, 2.24) is 9.80 Å². The highest BCUT2D eigenvalue weighted by Crippen LogP contribution is 2.35. The standard InChI is InChI=1S/C26H36N2O5/c1-30-13-12-28(26(29)19-31-2)17-22-16-27(15-20-8-10-23(32-3)11-9-20)18-25(22)21-6-5-7-24(14-21)33-4/h5-11,14,22,25H,12-13,15-19H2,1-4H3. The lowest BCUT2D eigenvalue weighted by atomic mass is 9.88. The molecule has 1 aliphatic rings. The largest absolute Gasteiger partial charge is 0.497 e. The summed E-state index contributed by atoms with van der Waals surface area (Å²) in [6.45, 7) is 4.46. The van der Waals surface area contributed by atoms with Crippen molar-refractivity contribution in [3.05, 3.63) is 59.7 Å². The predicted octanol–water partition coefficient (Wildman–Crippen LogP) is 3.04. The molecule has 0 aromatic heterocycles. The second-order valence-electron chi connectivity index (χ2n) is 8.45. The fourth-order valence-electron chi connectivity index (χ4n) is 4.53. The van der Waals surface area contributed by atoms with Gasteiger partial charge in [0.05, 0.1) is 20.8 Å². The molecule has 2 aromatic carbocycles. The Morgan fingerprint density at radius 2 is 1.73 bits per heavy atom. The number of hydrogen-bond acceptors (Lipinski definition) is 6. The van der Waals surface area contributed by atoms with Crippen LogP contribution in [0.4, 0.5) is 0 Å². The lowest BCUT2D eigenvalue weighted by Gasteiger charge is -2.28. The van der Waals surface area contributed by atoms with Crippen molar-refractivity contribution in [2.45, 2.75) is 12.5 Å². The molecule has 7 heteroatoms. The Hall–Kier alpha value is -2.61. The lowest BCUT2D eigenvalue weighted by Crippen LogP contribution is -2.41. The van der Waals surface area contributed by atoms with Gasteiger partial charge >= 0.3 is 0 Å². The third-order valence-corrected chi connectivity index (χ3v) is 6.24. The molecule has 2 unspecified atom stereocenters. The summed E-state index contributed by atoms with van der Waals surface area (Å²) in [5, 5.41) is 0. The van der Waals surface area contributed by atoms with E-state index in [1.165, 1.54) is 11.1 Å². The van der Waals surface area contributed by atoms with Crippen molar-refractivity contribution in [3.63, 3.8) is 0 Å². The third kappa shape index (κ3) is 6.93. The molecule has 0 saturated carbocycles. The maximum Gasteiger partial charge on any atom is 0.248 e. The normalized spacial score (nSPS) is 18.3. The number of amides is 1. The fraction of sp³-hybridized carbons (Fsp3) is 0.500. The van der Waals surface area contributed by atoms with Gasteiger partial charge in [-0.2, -0.15) is 0 Å². The number of rotatable bonds is 12. The van der Waals surface area contributed by atoms with Gasteiger partial charge in [0.15, 0.2) is 0 Å². The first-order valence-corrected chi connectivity index (χ1v) is 11.3. The summed E-state index contributed by atoms with van der Waals surface area (Å²) in [6.07, 6.45) is 0. The van der Waals surface area contributed by atoms with Crippen LogP contribution in [-0.2, 0) is 20.8 Å². The lowest BCUT2D eigenvalue weighted by molar-refractivity contribution is -0.136. The molecule has 33 heavy (non-hydrogen) atoms. The van der Waals surface area contributed by atoms with Gasteiger partial charge in [-0.1, -0.05) is 24.3 Å². The van der Waals surface area contributed by atoms with Gasteiger partial charge in [-0.15, -0.1) is 0 Å². The molecule has 2 aromatic rings. The fourth-order valence-corrected chi connectivity index (χ4v) is 4.53. The molecule has 1 amide bonds. The summed E-state index contributed by atoms with van der Waals surface area (Å²) in [5.74, 6) is 2.28. The van der Waals surface area contributed by atoms with Gasteiger partial charge in [0.1, 0.15) is 18.1 Å². The SMILES string of the molecule is COCCN(CC1CN(Cc2ccc(OC)cc2)CC1c1cccc(OC)c1)C(=O)COC. The third-order valence-electron chi connectivity index (χ3n) is 6.24. The highest BCUT2D eigenvalue weighted by atomic mass is 16.5. The van der Waals surface area contributed by atoms with E-state index in [0.717, 1.165) is 31.1 Å². The predicted molar refractivity (Wildman–Crippen MR) is 128 cm³/mol. The van der Waals surface area contributed by atoms with E-state index in [0.29, 0.717) is 25.6 Å². The number of benzene rings is 2. The quantitative estimate of drug-likeness (QED) is 0.489. The highest BCUT2D eigenvalue weighted by Gasteiger charge is 2.36. The van der Waals surface area contributed by atoms with E-state index in [4.69, 9.17) is 18.9 Å². The van der Waals surface area contributed by atoms with E-state index < -0.39 is 0 Å². The zero-order valence-corrected chi connectivity index (χ0v) is 20.2. The van der Waals surface area contributed by atoms with Crippen LogP contribution in [-0.4, -0.2) is 83.5 Å². The van der Waals surface area contributed by atoms with Crippen LogP contribution in [0.3, 0.4) is 0 Å². The maximum atomic E-state index is 12.7. The Balaban J connectivity index is 1.80. The number of likely N-dealkylation sites (tertiary alicyclic amines) is 1. The average molecular weight is 457 g/mol. The van der Waals surface area contributed by atoms with E-state index in [-0.39, 0.29) is 18.4 Å². The van der Waals surface area contributed by atoms with E-state index in [1.807, 2.05) is 29.2 Å². The number of hydrogen-bond donors (Lipinski definition) is 0. The molecule has 0 N–H and O–H groups in total. The molecule has 0 spiro atoms. The van der Waals surface area contributed by atoms with Crippen LogP contribution in [0.1, 0.15) is 17.0 Å². The van der Waals surface area contributed by atoms with Gasteiger partial charge in [-0.3, -0.25) is 9.69 Å². The molecule has 0 bridgehead atoms. The number of nitrogens with zero attached hydrogens (tertiary/aromatic N) is 2. The van der Waals surface area contributed by atoms with Crippen LogP contribution in [0, 0.1) is 5.92 Å². The summed E-state index contributed by atoms with van der Waals surface area (Å²) in [7, 11) is 6.58. The molecule has 180 valence electrons. The van der Waals surface area contributed by atoms with E-state index >= 15 is 0 Å². The van der Waals surface area contributed by atoms with E-state index in [2.05, 4.69) is 29.2 Å². The van der Waals surface area contributed by atoms with Crippen molar-refractivity contribution < 1.29 is 23.7 Å². The molecular weight excluding hydrogens is 420 g/mol. The van der Waals surface area contributed by atoms with E-state index in [9.17, 15) is 4.79 Å². The molecule has 2 atom stereocenters. The summed E-state index contributed by atoms with van der Waals surface area (Å²) < 4.78 is 21.1. The monoisotopic (exact) mass is 456 g/mol. The Labute approximate surface area is 197 Å². The second kappa shape index (κ2) is 12.6. The molecule has 0 aliphatic carbocycles. The van der Waals surface area contributed by atoms with E-state index in [1.54, 1.807) is 28.4 Å². The summed E-state index contributed by atoms with van der Waals surface area (Å²) in [6, 6.07) is 16.5. The van der Waals surface area contributed by atoms with Crippen LogP contribution < -0.4 is 9.47 Å². The molecular formula is C26H36N2O5. The molecule has 1 saturated heterocycles. The van der Waals surface area contributed by atoms with Gasteiger partial charge in [0.2, 0.25) is 5.91 Å². The topological polar surface area (TPSA) is 60.5 Å².